The van der Waals surface area contributed by atoms with Crippen LogP contribution in [0.3, 0.4) is 0 Å². The summed E-state index contributed by atoms with van der Waals surface area (Å²) in [5, 5.41) is 3.12. The monoisotopic (exact) mass is 426 g/mol. The highest BCUT2D eigenvalue weighted by molar-refractivity contribution is 9.10. The van der Waals surface area contributed by atoms with Gasteiger partial charge in [-0.2, -0.15) is 0 Å². The van der Waals surface area contributed by atoms with Gasteiger partial charge in [0.1, 0.15) is 13.2 Å². The Bertz CT molecular complexity index is 653. The van der Waals surface area contributed by atoms with Gasteiger partial charge in [0.2, 0.25) is 0 Å². The van der Waals surface area contributed by atoms with E-state index in [9.17, 15) is 4.79 Å². The molecule has 0 spiro atoms. The Morgan fingerprint density at radius 3 is 2.62 bits per heavy atom. The van der Waals surface area contributed by atoms with Crippen molar-refractivity contribution in [2.45, 2.75) is 39.3 Å². The maximum absolute atomic E-state index is 12.9. The van der Waals surface area contributed by atoms with Crippen LogP contribution in [0.1, 0.15) is 38.8 Å². The molecular formula is C19H27BrN2O4. The van der Waals surface area contributed by atoms with E-state index in [1.807, 2.05) is 24.0 Å². The molecule has 2 amide bonds. The number of nitrogens with one attached hydrogen (secondary N) is 1. The molecule has 1 aromatic rings. The Hall–Kier alpha value is -1.47. The Morgan fingerprint density at radius 2 is 1.92 bits per heavy atom. The van der Waals surface area contributed by atoms with Crippen molar-refractivity contribution in [2.24, 2.45) is 5.92 Å². The van der Waals surface area contributed by atoms with Crippen molar-refractivity contribution in [1.29, 1.82) is 0 Å². The van der Waals surface area contributed by atoms with E-state index in [1.54, 1.807) is 0 Å². The number of rotatable bonds is 4. The first-order valence-electron chi connectivity index (χ1n) is 9.19. The number of morpholine rings is 1. The zero-order valence-electron chi connectivity index (χ0n) is 15.6. The second-order valence-electron chi connectivity index (χ2n) is 7.24. The fraction of sp³-hybridized carbons (Fsp3) is 0.632. The number of carbonyl (C=O) groups is 1. The minimum absolute atomic E-state index is 0.0479. The van der Waals surface area contributed by atoms with Gasteiger partial charge in [0, 0.05) is 11.0 Å². The van der Waals surface area contributed by atoms with Crippen molar-refractivity contribution < 1.29 is 19.0 Å². The molecule has 0 bridgehead atoms. The molecule has 0 aromatic heterocycles. The van der Waals surface area contributed by atoms with Gasteiger partial charge in [-0.25, -0.2) is 4.79 Å². The number of hydrogen-bond acceptors (Lipinski definition) is 4. The van der Waals surface area contributed by atoms with Crippen LogP contribution >= 0.6 is 15.9 Å². The summed E-state index contributed by atoms with van der Waals surface area (Å²) < 4.78 is 17.7. The van der Waals surface area contributed by atoms with Crippen LogP contribution in [0.4, 0.5) is 4.79 Å². The van der Waals surface area contributed by atoms with E-state index >= 15 is 0 Å². The zero-order valence-corrected chi connectivity index (χ0v) is 17.2. The number of fused-ring (bicyclic) bond motifs is 1. The highest BCUT2D eigenvalue weighted by Crippen LogP contribution is 2.37. The average molecular weight is 427 g/mol. The van der Waals surface area contributed by atoms with Gasteiger partial charge in [0.25, 0.3) is 0 Å². The first kappa shape index (κ1) is 19.3. The molecule has 7 heteroatoms. The summed E-state index contributed by atoms with van der Waals surface area (Å²) in [6.07, 6.45) is 0.940. The first-order valence-corrected chi connectivity index (χ1v) is 9.99. The lowest BCUT2D eigenvalue weighted by molar-refractivity contribution is 0.00509. The average Bonchev–Trinajstić information content (AvgIpc) is 2.60. The summed E-state index contributed by atoms with van der Waals surface area (Å²) >= 11 is 3.59. The highest BCUT2D eigenvalue weighted by atomic mass is 79.9. The Balaban J connectivity index is 1.70. The topological polar surface area (TPSA) is 60.0 Å². The van der Waals surface area contributed by atoms with Gasteiger partial charge < -0.3 is 24.4 Å². The van der Waals surface area contributed by atoms with Crippen molar-refractivity contribution >= 4 is 22.0 Å². The number of urea groups is 1. The molecule has 1 N–H and O–H groups in total. The van der Waals surface area contributed by atoms with Crippen LogP contribution in [0.15, 0.2) is 16.6 Å². The first-order chi connectivity index (χ1) is 12.5. The third-order valence-corrected chi connectivity index (χ3v) is 5.39. The van der Waals surface area contributed by atoms with Crippen molar-refractivity contribution in [3.05, 3.63) is 22.2 Å². The SMILES string of the molecule is CC(C)C[C@H]1COCCN1C(=O)N[C@@H](C)c1cc2c(cc1Br)OCCO2. The molecule has 144 valence electrons. The second-order valence-corrected chi connectivity index (χ2v) is 8.09. The molecule has 0 unspecified atom stereocenters. The van der Waals surface area contributed by atoms with Crippen LogP contribution in [0.2, 0.25) is 0 Å². The molecule has 2 atom stereocenters. The fourth-order valence-corrected chi connectivity index (χ4v) is 4.08. The molecule has 1 saturated heterocycles. The summed E-state index contributed by atoms with van der Waals surface area (Å²) in [6.45, 7) is 9.22. The minimum Gasteiger partial charge on any atom is -0.486 e. The number of benzene rings is 1. The van der Waals surface area contributed by atoms with Gasteiger partial charge in [-0.05, 0) is 37.0 Å². The molecule has 2 aliphatic heterocycles. The number of ether oxygens (including phenoxy) is 3. The molecule has 0 aliphatic carbocycles. The molecule has 2 aliphatic rings. The summed E-state index contributed by atoms with van der Waals surface area (Å²) in [7, 11) is 0. The largest absolute Gasteiger partial charge is 0.486 e. The Morgan fingerprint density at radius 1 is 1.23 bits per heavy atom. The van der Waals surface area contributed by atoms with E-state index in [0.29, 0.717) is 38.9 Å². The van der Waals surface area contributed by atoms with Crippen molar-refractivity contribution in [3.63, 3.8) is 0 Å². The van der Waals surface area contributed by atoms with E-state index in [4.69, 9.17) is 14.2 Å². The Kier molecular flexibility index (Phi) is 6.29. The van der Waals surface area contributed by atoms with Crippen LogP contribution in [-0.2, 0) is 4.74 Å². The number of nitrogens with zero attached hydrogens (tertiary/aromatic N) is 1. The van der Waals surface area contributed by atoms with Gasteiger partial charge in [-0.3, -0.25) is 0 Å². The van der Waals surface area contributed by atoms with E-state index in [-0.39, 0.29) is 18.1 Å². The highest BCUT2D eigenvalue weighted by Gasteiger charge is 2.29. The lowest BCUT2D eigenvalue weighted by Crippen LogP contribution is -2.53. The summed E-state index contributed by atoms with van der Waals surface area (Å²) in [6, 6.07) is 3.76. The molecule has 3 rings (SSSR count). The number of hydrogen-bond donors (Lipinski definition) is 1. The van der Waals surface area contributed by atoms with E-state index in [0.717, 1.165) is 28.0 Å². The number of amides is 2. The van der Waals surface area contributed by atoms with Crippen LogP contribution in [0.5, 0.6) is 11.5 Å². The normalized spacial score (nSPS) is 20.8. The van der Waals surface area contributed by atoms with Crippen LogP contribution in [0, 0.1) is 5.92 Å². The summed E-state index contributed by atoms with van der Waals surface area (Å²) in [5.41, 5.74) is 0.969. The molecule has 26 heavy (non-hydrogen) atoms. The van der Waals surface area contributed by atoms with Crippen molar-refractivity contribution in [3.8, 4) is 11.5 Å². The van der Waals surface area contributed by atoms with Crippen LogP contribution < -0.4 is 14.8 Å². The van der Waals surface area contributed by atoms with Gasteiger partial charge in [0.05, 0.1) is 25.3 Å². The lowest BCUT2D eigenvalue weighted by atomic mass is 10.0. The second kappa shape index (κ2) is 8.48. The van der Waals surface area contributed by atoms with Crippen LogP contribution in [0.25, 0.3) is 0 Å². The standard InChI is InChI=1S/C19H27BrN2O4/c1-12(2)8-14-11-24-5-4-22(14)19(23)21-13(3)15-9-17-18(10-16(15)20)26-7-6-25-17/h9-10,12-14H,4-8,11H2,1-3H3,(H,21,23)/t13-,14-/m0/s1. The minimum atomic E-state index is -0.157. The van der Waals surface area contributed by atoms with E-state index in [2.05, 4.69) is 35.1 Å². The molecule has 6 nitrogen and oxygen atoms in total. The molecule has 0 saturated carbocycles. The number of halogens is 1. The van der Waals surface area contributed by atoms with Gasteiger partial charge >= 0.3 is 6.03 Å². The van der Waals surface area contributed by atoms with E-state index in [1.165, 1.54) is 0 Å². The lowest BCUT2D eigenvalue weighted by Gasteiger charge is -2.37. The quantitative estimate of drug-likeness (QED) is 0.796. The predicted molar refractivity (Wildman–Crippen MR) is 103 cm³/mol. The molecule has 1 aromatic carbocycles. The zero-order chi connectivity index (χ0) is 18.7. The maximum Gasteiger partial charge on any atom is 0.318 e. The van der Waals surface area contributed by atoms with Crippen LogP contribution in [-0.4, -0.2) is 49.9 Å². The van der Waals surface area contributed by atoms with Gasteiger partial charge in [-0.15, -0.1) is 0 Å². The third kappa shape index (κ3) is 4.43. The fourth-order valence-electron chi connectivity index (χ4n) is 3.42. The van der Waals surface area contributed by atoms with Crippen molar-refractivity contribution in [2.75, 3.05) is 33.0 Å². The number of carbonyl (C=O) groups excluding carboxylic acids is 1. The summed E-state index contributed by atoms with van der Waals surface area (Å²) in [5.74, 6) is 1.97. The summed E-state index contributed by atoms with van der Waals surface area (Å²) in [4.78, 5) is 14.8. The molecule has 1 fully saturated rings. The third-order valence-electron chi connectivity index (χ3n) is 4.70. The van der Waals surface area contributed by atoms with Gasteiger partial charge in [-0.1, -0.05) is 29.8 Å². The maximum atomic E-state index is 12.9. The molecule has 2 heterocycles. The predicted octanol–water partition coefficient (Wildman–Crippen LogP) is 3.74. The van der Waals surface area contributed by atoms with Gasteiger partial charge in [0.15, 0.2) is 11.5 Å². The smallest absolute Gasteiger partial charge is 0.318 e. The molecule has 0 radical (unpaired) electrons. The van der Waals surface area contributed by atoms with Crippen molar-refractivity contribution in [1.82, 2.24) is 10.2 Å². The Labute approximate surface area is 163 Å². The van der Waals surface area contributed by atoms with E-state index < -0.39 is 0 Å². The molecular weight excluding hydrogens is 400 g/mol.